The Kier molecular flexibility index (Phi) is 5.77. The minimum atomic E-state index is -0.986. The van der Waals surface area contributed by atoms with Crippen LogP contribution in [0.15, 0.2) is 18.3 Å². The van der Waals surface area contributed by atoms with Crippen molar-refractivity contribution < 1.29 is 14.7 Å². The lowest BCUT2D eigenvalue weighted by Gasteiger charge is -2.39. The second-order valence-corrected chi connectivity index (χ2v) is 6.59. The molecule has 1 saturated heterocycles. The highest BCUT2D eigenvalue weighted by Crippen LogP contribution is 2.26. The zero-order valence-corrected chi connectivity index (χ0v) is 14.6. The van der Waals surface area contributed by atoms with E-state index in [-0.39, 0.29) is 24.8 Å². The van der Waals surface area contributed by atoms with E-state index in [1.54, 1.807) is 35.9 Å². The highest BCUT2D eigenvalue weighted by Gasteiger charge is 2.35. The van der Waals surface area contributed by atoms with E-state index in [2.05, 4.69) is 5.10 Å². The summed E-state index contributed by atoms with van der Waals surface area (Å²) in [6.07, 6.45) is 6.91. The summed E-state index contributed by atoms with van der Waals surface area (Å²) in [5.41, 5.74) is -0.146. The van der Waals surface area contributed by atoms with Gasteiger partial charge in [0.15, 0.2) is 0 Å². The van der Waals surface area contributed by atoms with Gasteiger partial charge in [-0.25, -0.2) is 0 Å². The summed E-state index contributed by atoms with van der Waals surface area (Å²) < 4.78 is 1.68. The zero-order chi connectivity index (χ0) is 17.7. The van der Waals surface area contributed by atoms with Crippen molar-refractivity contribution in [3.8, 4) is 0 Å². The molecule has 1 aromatic rings. The summed E-state index contributed by atoms with van der Waals surface area (Å²) in [6, 6.07) is 1.82. The fourth-order valence-electron chi connectivity index (χ4n) is 2.88. The fraction of sp³-hybridized carbons (Fsp3) is 0.588. The molecule has 2 rings (SSSR count). The largest absolute Gasteiger partial charge is 0.388 e. The van der Waals surface area contributed by atoms with Crippen molar-refractivity contribution in [2.75, 3.05) is 27.2 Å². The van der Waals surface area contributed by atoms with Crippen molar-refractivity contribution in [2.45, 2.75) is 31.3 Å². The smallest absolute Gasteiger partial charge is 0.246 e. The molecule has 2 heterocycles. The molecule has 2 amide bonds. The lowest BCUT2D eigenvalue weighted by Crippen LogP contribution is -2.50. The van der Waals surface area contributed by atoms with Gasteiger partial charge in [-0.05, 0) is 31.4 Å². The maximum Gasteiger partial charge on any atom is 0.246 e. The molecule has 24 heavy (non-hydrogen) atoms. The number of carbonyl (C=O) groups excluding carboxylic acids is 2. The number of piperidine rings is 1. The van der Waals surface area contributed by atoms with Crippen molar-refractivity contribution in [1.29, 1.82) is 0 Å². The summed E-state index contributed by atoms with van der Waals surface area (Å²) in [4.78, 5) is 27.3. The lowest BCUT2D eigenvalue weighted by atomic mass is 9.88. The van der Waals surface area contributed by atoms with Crippen molar-refractivity contribution >= 4 is 17.9 Å². The first-order chi connectivity index (χ1) is 11.3. The van der Waals surface area contributed by atoms with Crippen LogP contribution in [0.5, 0.6) is 0 Å². The zero-order valence-electron chi connectivity index (χ0n) is 14.6. The van der Waals surface area contributed by atoms with Crippen molar-refractivity contribution in [2.24, 2.45) is 7.05 Å². The molecule has 0 bridgehead atoms. The molecule has 132 valence electrons. The Bertz CT molecular complexity index is 623. The summed E-state index contributed by atoms with van der Waals surface area (Å²) in [5, 5.41) is 14.8. The van der Waals surface area contributed by atoms with Gasteiger partial charge >= 0.3 is 0 Å². The minimum Gasteiger partial charge on any atom is -0.388 e. The van der Waals surface area contributed by atoms with Crippen LogP contribution < -0.4 is 0 Å². The first-order valence-electron chi connectivity index (χ1n) is 8.18. The predicted molar refractivity (Wildman–Crippen MR) is 90.9 cm³/mol. The van der Waals surface area contributed by atoms with E-state index in [9.17, 15) is 14.7 Å². The molecule has 0 spiro atoms. The number of amides is 2. The molecule has 0 aliphatic carbocycles. The third-order valence-electron chi connectivity index (χ3n) is 4.43. The van der Waals surface area contributed by atoms with Gasteiger partial charge in [0, 0.05) is 52.9 Å². The number of carbonyl (C=O) groups is 2. The number of aryl methyl sites for hydroxylation is 1. The number of β-amino-alcohol motifs (C(OH)–C–C–N with tert-alkyl or cyclic N) is 1. The number of aliphatic hydroxyl groups is 1. The van der Waals surface area contributed by atoms with Gasteiger partial charge in [0.1, 0.15) is 0 Å². The summed E-state index contributed by atoms with van der Waals surface area (Å²) in [7, 11) is 5.21. The van der Waals surface area contributed by atoms with E-state index in [1.807, 2.05) is 13.1 Å². The van der Waals surface area contributed by atoms with Crippen LogP contribution in [-0.2, 0) is 16.6 Å². The molecular formula is C17H26N4O3. The van der Waals surface area contributed by atoms with Gasteiger partial charge in [0.2, 0.25) is 11.8 Å². The average molecular weight is 334 g/mol. The summed E-state index contributed by atoms with van der Waals surface area (Å²) >= 11 is 0. The monoisotopic (exact) mass is 334 g/mol. The van der Waals surface area contributed by atoms with Gasteiger partial charge in [-0.3, -0.25) is 14.3 Å². The fourth-order valence-corrected chi connectivity index (χ4v) is 2.88. The van der Waals surface area contributed by atoms with Gasteiger partial charge in [-0.15, -0.1) is 0 Å². The molecule has 1 fully saturated rings. The number of nitrogens with zero attached hydrogens (tertiary/aromatic N) is 4. The molecule has 0 radical (unpaired) electrons. The topological polar surface area (TPSA) is 78.7 Å². The molecule has 0 aromatic carbocycles. The highest BCUT2D eigenvalue weighted by molar-refractivity contribution is 5.91. The van der Waals surface area contributed by atoms with E-state index in [1.165, 1.54) is 11.0 Å². The van der Waals surface area contributed by atoms with Crippen LogP contribution >= 0.6 is 0 Å². The second kappa shape index (κ2) is 7.61. The second-order valence-electron chi connectivity index (χ2n) is 6.59. The third kappa shape index (κ3) is 4.67. The molecule has 0 unspecified atom stereocenters. The average Bonchev–Trinajstić information content (AvgIpc) is 2.95. The molecule has 7 heteroatoms. The molecule has 1 atom stereocenters. The summed E-state index contributed by atoms with van der Waals surface area (Å²) in [5.74, 6) is -0.142. The summed E-state index contributed by atoms with van der Waals surface area (Å²) in [6.45, 7) is 0.890. The normalized spacial score (nSPS) is 21.2. The van der Waals surface area contributed by atoms with Gasteiger partial charge in [0.25, 0.3) is 0 Å². The standard InChI is InChI=1S/C17H26N4O3/c1-19(2)15(22)7-10-17(24)9-4-12-21(13-17)16(23)6-5-14-8-11-18-20(14)3/h5-6,8,11,24H,4,7,9-10,12-13H2,1-3H3/b6-5+/t17-/m1/s1. The molecular weight excluding hydrogens is 308 g/mol. The van der Waals surface area contributed by atoms with Crippen LogP contribution in [0, 0.1) is 0 Å². The number of hydrogen-bond acceptors (Lipinski definition) is 4. The Morgan fingerprint density at radius 1 is 1.46 bits per heavy atom. The molecule has 1 aliphatic rings. The Morgan fingerprint density at radius 2 is 2.21 bits per heavy atom. The van der Waals surface area contributed by atoms with Crippen LogP contribution in [0.3, 0.4) is 0 Å². The first kappa shape index (κ1) is 18.2. The maximum absolute atomic E-state index is 12.4. The molecule has 7 nitrogen and oxygen atoms in total. The van der Waals surface area contributed by atoms with Gasteiger partial charge in [-0.2, -0.15) is 5.10 Å². The van der Waals surface area contributed by atoms with Crippen LogP contribution in [0.25, 0.3) is 6.08 Å². The van der Waals surface area contributed by atoms with E-state index >= 15 is 0 Å². The van der Waals surface area contributed by atoms with Gasteiger partial charge in [0.05, 0.1) is 11.3 Å². The Labute approximate surface area is 142 Å². The molecule has 1 aromatic heterocycles. The van der Waals surface area contributed by atoms with Crippen LogP contribution in [0.2, 0.25) is 0 Å². The predicted octanol–water partition coefficient (Wildman–Crippen LogP) is 0.655. The first-order valence-corrected chi connectivity index (χ1v) is 8.18. The molecule has 0 saturated carbocycles. The number of aromatic nitrogens is 2. The quantitative estimate of drug-likeness (QED) is 0.802. The maximum atomic E-state index is 12.4. The van der Waals surface area contributed by atoms with E-state index in [0.29, 0.717) is 19.4 Å². The van der Waals surface area contributed by atoms with Crippen LogP contribution in [0.1, 0.15) is 31.4 Å². The number of likely N-dealkylation sites (tertiary alicyclic amines) is 1. The minimum absolute atomic E-state index is 0.0111. The van der Waals surface area contributed by atoms with Gasteiger partial charge in [-0.1, -0.05) is 0 Å². The number of rotatable bonds is 5. The lowest BCUT2D eigenvalue weighted by molar-refractivity contribution is -0.135. The number of hydrogen-bond donors (Lipinski definition) is 1. The third-order valence-corrected chi connectivity index (χ3v) is 4.43. The van der Waals surface area contributed by atoms with Crippen molar-refractivity contribution in [3.63, 3.8) is 0 Å². The molecule has 1 aliphatic heterocycles. The van der Waals surface area contributed by atoms with E-state index in [4.69, 9.17) is 0 Å². The Morgan fingerprint density at radius 3 is 2.83 bits per heavy atom. The molecule has 1 N–H and O–H groups in total. The van der Waals surface area contributed by atoms with Crippen molar-refractivity contribution in [3.05, 3.63) is 24.0 Å². The van der Waals surface area contributed by atoms with E-state index in [0.717, 1.165) is 12.1 Å². The highest BCUT2D eigenvalue weighted by atomic mass is 16.3. The SMILES string of the molecule is CN(C)C(=O)CC[C@]1(O)CCCN(C(=O)/C=C/c2ccnn2C)C1. The van der Waals surface area contributed by atoms with E-state index < -0.39 is 5.60 Å². The van der Waals surface area contributed by atoms with Crippen molar-refractivity contribution in [1.82, 2.24) is 19.6 Å². The van der Waals surface area contributed by atoms with Crippen LogP contribution in [0.4, 0.5) is 0 Å². The Hall–Kier alpha value is -2.15. The Balaban J connectivity index is 1.94. The van der Waals surface area contributed by atoms with Gasteiger partial charge < -0.3 is 14.9 Å². The van der Waals surface area contributed by atoms with Crippen LogP contribution in [-0.4, -0.2) is 69.3 Å².